The highest BCUT2D eigenvalue weighted by Crippen LogP contribution is 2.03. The average molecular weight is 126 g/mol. The van der Waals surface area contributed by atoms with E-state index in [2.05, 4.69) is 0 Å². The lowest BCUT2D eigenvalue weighted by Crippen LogP contribution is -2.29. The monoisotopic (exact) mass is 126 g/mol. The van der Waals surface area contributed by atoms with E-state index in [-0.39, 0.29) is 11.6 Å². The second-order valence-electron chi connectivity index (χ2n) is 1.64. The van der Waals surface area contributed by atoms with Gasteiger partial charge in [0.25, 0.3) is 5.82 Å². The number of nitrogens with zero attached hydrogens (tertiary/aromatic N) is 1. The third-order valence-corrected chi connectivity index (χ3v) is 0.929. The van der Waals surface area contributed by atoms with Gasteiger partial charge in [0, 0.05) is 6.07 Å². The van der Waals surface area contributed by atoms with Crippen LogP contribution in [0.3, 0.4) is 0 Å². The van der Waals surface area contributed by atoms with Crippen LogP contribution in [0.4, 0.5) is 5.82 Å². The van der Waals surface area contributed by atoms with Gasteiger partial charge in [-0.25, -0.2) is 4.73 Å². The Balaban J connectivity index is 3.17. The van der Waals surface area contributed by atoms with Crippen LogP contribution in [0.15, 0.2) is 18.3 Å². The number of hydrogen-bond donors (Lipinski definition) is 2. The summed E-state index contributed by atoms with van der Waals surface area (Å²) in [4.78, 5) is 0. The summed E-state index contributed by atoms with van der Waals surface area (Å²) in [5, 5.41) is 19.1. The van der Waals surface area contributed by atoms with E-state index in [1.807, 2.05) is 0 Å². The molecule has 4 nitrogen and oxygen atoms in total. The SMILES string of the molecule is Nc1ccc(O)c[n+]1[O-]. The lowest BCUT2D eigenvalue weighted by atomic mass is 10.4. The Morgan fingerprint density at radius 3 is 2.67 bits per heavy atom. The van der Waals surface area contributed by atoms with Crippen LogP contribution >= 0.6 is 0 Å². The lowest BCUT2D eigenvalue weighted by Gasteiger charge is -2.02. The Bertz CT molecular complexity index is 224. The Hall–Kier alpha value is -1.45. The van der Waals surface area contributed by atoms with Crippen molar-refractivity contribution in [1.82, 2.24) is 0 Å². The van der Waals surface area contributed by atoms with E-state index in [9.17, 15) is 5.21 Å². The summed E-state index contributed by atoms with van der Waals surface area (Å²) in [6.07, 6.45) is 0.995. The zero-order valence-corrected chi connectivity index (χ0v) is 4.61. The normalized spacial score (nSPS) is 9.33. The highest BCUT2D eigenvalue weighted by molar-refractivity contribution is 5.25. The second-order valence-corrected chi connectivity index (χ2v) is 1.64. The summed E-state index contributed by atoms with van der Waals surface area (Å²) in [7, 11) is 0. The van der Waals surface area contributed by atoms with Crippen LogP contribution in [-0.2, 0) is 0 Å². The second kappa shape index (κ2) is 1.81. The molecule has 48 valence electrons. The Morgan fingerprint density at radius 2 is 2.22 bits per heavy atom. The maximum absolute atomic E-state index is 10.5. The van der Waals surface area contributed by atoms with E-state index in [0.29, 0.717) is 4.73 Å². The summed E-state index contributed by atoms with van der Waals surface area (Å²) in [5.41, 5.74) is 5.13. The topological polar surface area (TPSA) is 73.2 Å². The van der Waals surface area contributed by atoms with Gasteiger partial charge in [0.15, 0.2) is 5.75 Å². The fourth-order valence-electron chi connectivity index (χ4n) is 0.482. The molecule has 0 unspecified atom stereocenters. The Labute approximate surface area is 51.7 Å². The number of rotatable bonds is 0. The molecule has 3 N–H and O–H groups in total. The molecule has 0 atom stereocenters. The molecule has 0 aromatic carbocycles. The molecule has 1 heterocycles. The van der Waals surface area contributed by atoms with Gasteiger partial charge < -0.3 is 10.3 Å². The number of aromatic hydroxyl groups is 1. The van der Waals surface area contributed by atoms with E-state index in [4.69, 9.17) is 10.8 Å². The van der Waals surface area contributed by atoms with Crippen molar-refractivity contribution >= 4 is 5.82 Å². The van der Waals surface area contributed by atoms with Crippen LogP contribution in [-0.4, -0.2) is 5.11 Å². The fraction of sp³-hybridized carbons (Fsp3) is 0. The van der Waals surface area contributed by atoms with Gasteiger partial charge >= 0.3 is 0 Å². The van der Waals surface area contributed by atoms with Gasteiger partial charge in [-0.2, -0.15) is 0 Å². The Kier molecular flexibility index (Phi) is 1.14. The number of nitrogens with two attached hydrogens (primary N) is 1. The number of anilines is 1. The van der Waals surface area contributed by atoms with Crippen LogP contribution in [0.25, 0.3) is 0 Å². The first-order valence-corrected chi connectivity index (χ1v) is 2.38. The zero-order valence-electron chi connectivity index (χ0n) is 4.61. The number of pyridine rings is 1. The van der Waals surface area contributed by atoms with Crippen molar-refractivity contribution in [3.63, 3.8) is 0 Å². The molecule has 0 amide bonds. The van der Waals surface area contributed by atoms with Crippen LogP contribution in [0.1, 0.15) is 0 Å². The summed E-state index contributed by atoms with van der Waals surface area (Å²) >= 11 is 0. The van der Waals surface area contributed by atoms with Crippen molar-refractivity contribution in [2.75, 3.05) is 5.73 Å². The maximum Gasteiger partial charge on any atom is 0.275 e. The molecule has 0 bridgehead atoms. The van der Waals surface area contributed by atoms with Gasteiger partial charge in [-0.1, -0.05) is 0 Å². The fourth-order valence-corrected chi connectivity index (χ4v) is 0.482. The predicted molar refractivity (Wildman–Crippen MR) is 31.5 cm³/mol. The van der Waals surface area contributed by atoms with Gasteiger partial charge in [-0.15, -0.1) is 0 Å². The highest BCUT2D eigenvalue weighted by Gasteiger charge is 1.94. The van der Waals surface area contributed by atoms with Gasteiger partial charge in [0.05, 0.1) is 0 Å². The van der Waals surface area contributed by atoms with Crippen molar-refractivity contribution in [3.05, 3.63) is 23.5 Å². The largest absolute Gasteiger partial charge is 0.710 e. The molecule has 1 rings (SSSR count). The quantitative estimate of drug-likeness (QED) is 0.367. The molecule has 0 fully saturated rings. The van der Waals surface area contributed by atoms with Crippen LogP contribution in [0.2, 0.25) is 0 Å². The number of nitrogen functional groups attached to an aromatic ring is 1. The molecule has 0 aliphatic rings. The van der Waals surface area contributed by atoms with E-state index in [1.165, 1.54) is 12.1 Å². The highest BCUT2D eigenvalue weighted by atomic mass is 16.5. The molecule has 0 radical (unpaired) electrons. The number of aromatic nitrogens is 1. The molecule has 0 saturated heterocycles. The van der Waals surface area contributed by atoms with Crippen molar-refractivity contribution in [2.24, 2.45) is 0 Å². The van der Waals surface area contributed by atoms with Gasteiger partial charge in [-0.3, -0.25) is 5.73 Å². The molecule has 0 saturated carbocycles. The van der Waals surface area contributed by atoms with E-state index >= 15 is 0 Å². The van der Waals surface area contributed by atoms with Crippen molar-refractivity contribution in [2.45, 2.75) is 0 Å². The summed E-state index contributed by atoms with van der Waals surface area (Å²) in [6.45, 7) is 0. The minimum absolute atomic E-state index is 0.0767. The molecule has 9 heavy (non-hydrogen) atoms. The first kappa shape index (κ1) is 5.68. The minimum Gasteiger partial charge on any atom is -0.710 e. The first-order valence-electron chi connectivity index (χ1n) is 2.38. The first-order chi connectivity index (χ1) is 4.20. The molecule has 1 aromatic rings. The van der Waals surface area contributed by atoms with Gasteiger partial charge in [0.1, 0.15) is 6.20 Å². The van der Waals surface area contributed by atoms with Crippen molar-refractivity contribution in [1.29, 1.82) is 0 Å². The van der Waals surface area contributed by atoms with Gasteiger partial charge in [-0.05, 0) is 6.07 Å². The van der Waals surface area contributed by atoms with E-state index in [0.717, 1.165) is 6.20 Å². The zero-order chi connectivity index (χ0) is 6.85. The molecule has 0 aliphatic heterocycles. The smallest absolute Gasteiger partial charge is 0.275 e. The van der Waals surface area contributed by atoms with E-state index < -0.39 is 0 Å². The van der Waals surface area contributed by atoms with Gasteiger partial charge in [0.2, 0.25) is 0 Å². The molecule has 0 spiro atoms. The lowest BCUT2D eigenvalue weighted by molar-refractivity contribution is -0.590. The van der Waals surface area contributed by atoms with Crippen LogP contribution < -0.4 is 10.5 Å². The number of hydrogen-bond acceptors (Lipinski definition) is 3. The Morgan fingerprint density at radius 1 is 1.56 bits per heavy atom. The van der Waals surface area contributed by atoms with Crippen molar-refractivity contribution < 1.29 is 9.84 Å². The summed E-state index contributed by atoms with van der Waals surface area (Å²) < 4.78 is 0.398. The van der Waals surface area contributed by atoms with E-state index in [1.54, 1.807) is 0 Å². The molecule has 0 aliphatic carbocycles. The standard InChI is InChI=1S/C5H6N2O2/c6-5-2-1-4(8)3-7(5)9/h1-3,8H,6H2. The third-order valence-electron chi connectivity index (χ3n) is 0.929. The van der Waals surface area contributed by atoms with Crippen molar-refractivity contribution in [3.8, 4) is 5.75 Å². The molecular formula is C5H6N2O2. The minimum atomic E-state index is -0.0841. The van der Waals surface area contributed by atoms with Crippen LogP contribution in [0, 0.1) is 5.21 Å². The average Bonchev–Trinajstić information content (AvgIpc) is 1.80. The summed E-state index contributed by atoms with van der Waals surface area (Å²) in [5.74, 6) is -0.00741. The summed E-state index contributed by atoms with van der Waals surface area (Å²) in [6, 6.07) is 2.69. The third kappa shape index (κ3) is 1.02. The molecule has 4 heteroatoms. The maximum atomic E-state index is 10.5. The predicted octanol–water partition coefficient (Wildman–Crippen LogP) is -0.392. The van der Waals surface area contributed by atoms with Crippen LogP contribution in [0.5, 0.6) is 5.75 Å². The molecular weight excluding hydrogens is 120 g/mol. The molecule has 1 aromatic heterocycles.